The molecule has 1 amide bonds. The SMILES string of the molecule is O=C(NC1(CO)CCCCC1)c1ccc2nc[nH]c2c1. The number of aromatic nitrogens is 2. The fraction of sp³-hybridized carbons (Fsp3) is 0.467. The number of carbonyl (C=O) groups is 1. The highest BCUT2D eigenvalue weighted by Gasteiger charge is 2.33. The molecule has 0 radical (unpaired) electrons. The Morgan fingerprint density at radius 3 is 2.90 bits per heavy atom. The van der Waals surface area contributed by atoms with Gasteiger partial charge in [0, 0.05) is 5.56 Å². The van der Waals surface area contributed by atoms with Gasteiger partial charge in [0.25, 0.3) is 5.91 Å². The van der Waals surface area contributed by atoms with E-state index in [1.807, 2.05) is 6.07 Å². The Balaban J connectivity index is 1.80. The van der Waals surface area contributed by atoms with Gasteiger partial charge in [0.1, 0.15) is 0 Å². The molecule has 1 aliphatic carbocycles. The van der Waals surface area contributed by atoms with E-state index in [0.29, 0.717) is 5.56 Å². The van der Waals surface area contributed by atoms with Crippen LogP contribution in [-0.4, -0.2) is 33.1 Å². The first-order chi connectivity index (χ1) is 9.72. The van der Waals surface area contributed by atoms with E-state index >= 15 is 0 Å². The van der Waals surface area contributed by atoms with E-state index in [1.165, 1.54) is 6.42 Å². The van der Waals surface area contributed by atoms with Crippen molar-refractivity contribution < 1.29 is 9.90 Å². The molecule has 5 heteroatoms. The molecule has 0 unspecified atom stereocenters. The van der Waals surface area contributed by atoms with Gasteiger partial charge < -0.3 is 15.4 Å². The highest BCUT2D eigenvalue weighted by atomic mass is 16.3. The number of amides is 1. The lowest BCUT2D eigenvalue weighted by molar-refractivity contribution is 0.0758. The summed E-state index contributed by atoms with van der Waals surface area (Å²) in [4.78, 5) is 19.5. The zero-order valence-corrected chi connectivity index (χ0v) is 11.4. The van der Waals surface area contributed by atoms with Crippen molar-refractivity contribution in [3.8, 4) is 0 Å². The molecule has 0 aliphatic heterocycles. The molecule has 2 aromatic rings. The van der Waals surface area contributed by atoms with Crippen LogP contribution in [0.25, 0.3) is 11.0 Å². The minimum atomic E-state index is -0.446. The third-order valence-electron chi connectivity index (χ3n) is 4.17. The Morgan fingerprint density at radius 1 is 1.35 bits per heavy atom. The summed E-state index contributed by atoms with van der Waals surface area (Å²) in [6.07, 6.45) is 6.60. The van der Waals surface area contributed by atoms with E-state index in [4.69, 9.17) is 0 Å². The number of carbonyl (C=O) groups excluding carboxylic acids is 1. The number of H-pyrrole nitrogens is 1. The Hall–Kier alpha value is -1.88. The molecular weight excluding hydrogens is 254 g/mol. The fourth-order valence-electron chi connectivity index (χ4n) is 2.94. The molecule has 106 valence electrons. The maximum absolute atomic E-state index is 12.4. The summed E-state index contributed by atoms with van der Waals surface area (Å²) in [7, 11) is 0. The van der Waals surface area contributed by atoms with Crippen LogP contribution in [0, 0.1) is 0 Å². The van der Waals surface area contributed by atoms with Crippen molar-refractivity contribution in [3.05, 3.63) is 30.1 Å². The summed E-state index contributed by atoms with van der Waals surface area (Å²) in [6, 6.07) is 5.39. The number of rotatable bonds is 3. The number of nitrogens with zero attached hydrogens (tertiary/aromatic N) is 1. The molecule has 1 aliphatic rings. The molecule has 20 heavy (non-hydrogen) atoms. The standard InChI is InChI=1S/C15H19N3O2/c19-9-15(6-2-1-3-7-15)18-14(20)11-4-5-12-13(8-11)17-10-16-12/h4-5,8,10,19H,1-3,6-7,9H2,(H,16,17)(H,18,20). The first-order valence-corrected chi connectivity index (χ1v) is 7.09. The summed E-state index contributed by atoms with van der Waals surface area (Å²) in [6.45, 7) is 0.00500. The number of imidazole rings is 1. The summed E-state index contributed by atoms with van der Waals surface area (Å²) in [5.74, 6) is -0.127. The summed E-state index contributed by atoms with van der Waals surface area (Å²) < 4.78 is 0. The molecule has 1 saturated carbocycles. The second kappa shape index (κ2) is 5.25. The summed E-state index contributed by atoms with van der Waals surface area (Å²) in [5.41, 5.74) is 1.84. The molecule has 3 N–H and O–H groups in total. The number of benzene rings is 1. The zero-order valence-electron chi connectivity index (χ0n) is 11.4. The van der Waals surface area contributed by atoms with Crippen LogP contribution in [0.1, 0.15) is 42.5 Å². The van der Waals surface area contributed by atoms with Crippen LogP contribution >= 0.6 is 0 Å². The van der Waals surface area contributed by atoms with Crippen molar-refractivity contribution in [1.29, 1.82) is 0 Å². The number of fused-ring (bicyclic) bond motifs is 1. The fourth-order valence-corrected chi connectivity index (χ4v) is 2.94. The molecule has 1 aromatic heterocycles. The maximum atomic E-state index is 12.4. The third-order valence-corrected chi connectivity index (χ3v) is 4.17. The van der Waals surface area contributed by atoms with Gasteiger partial charge in [-0.2, -0.15) is 0 Å². The Kier molecular flexibility index (Phi) is 3.44. The second-order valence-electron chi connectivity index (χ2n) is 5.59. The Labute approximate surface area is 117 Å². The van der Waals surface area contributed by atoms with Crippen molar-refractivity contribution >= 4 is 16.9 Å². The van der Waals surface area contributed by atoms with Gasteiger partial charge in [-0.3, -0.25) is 4.79 Å². The minimum absolute atomic E-state index is 0.00500. The highest BCUT2D eigenvalue weighted by Crippen LogP contribution is 2.28. The normalized spacial score (nSPS) is 18.1. The van der Waals surface area contributed by atoms with Gasteiger partial charge in [-0.1, -0.05) is 19.3 Å². The first kappa shape index (κ1) is 13.1. The first-order valence-electron chi connectivity index (χ1n) is 7.09. The molecule has 5 nitrogen and oxygen atoms in total. The van der Waals surface area contributed by atoms with Gasteiger partial charge >= 0.3 is 0 Å². The second-order valence-corrected chi connectivity index (χ2v) is 5.59. The minimum Gasteiger partial charge on any atom is -0.394 e. The molecule has 0 atom stereocenters. The average molecular weight is 273 g/mol. The monoisotopic (exact) mass is 273 g/mol. The molecular formula is C15H19N3O2. The van der Waals surface area contributed by atoms with E-state index < -0.39 is 5.54 Å². The molecule has 1 fully saturated rings. The maximum Gasteiger partial charge on any atom is 0.251 e. The lowest BCUT2D eigenvalue weighted by Gasteiger charge is -2.36. The quantitative estimate of drug-likeness (QED) is 0.800. The van der Waals surface area contributed by atoms with Gasteiger partial charge in [-0.05, 0) is 31.0 Å². The molecule has 3 rings (SSSR count). The van der Waals surface area contributed by atoms with E-state index in [2.05, 4.69) is 15.3 Å². The van der Waals surface area contributed by atoms with E-state index in [9.17, 15) is 9.90 Å². The van der Waals surface area contributed by atoms with Crippen molar-refractivity contribution in [2.75, 3.05) is 6.61 Å². The number of aromatic amines is 1. The lowest BCUT2D eigenvalue weighted by Crippen LogP contribution is -2.52. The van der Waals surface area contributed by atoms with E-state index in [1.54, 1.807) is 18.5 Å². The predicted molar refractivity (Wildman–Crippen MR) is 76.5 cm³/mol. The molecule has 0 spiro atoms. The largest absolute Gasteiger partial charge is 0.394 e. The Morgan fingerprint density at radius 2 is 2.15 bits per heavy atom. The van der Waals surface area contributed by atoms with Crippen LogP contribution in [0.2, 0.25) is 0 Å². The number of aliphatic hydroxyl groups excluding tert-OH is 1. The number of aliphatic hydroxyl groups is 1. The predicted octanol–water partition coefficient (Wildman–Crippen LogP) is 1.99. The van der Waals surface area contributed by atoms with Crippen molar-refractivity contribution in [2.24, 2.45) is 0 Å². The van der Waals surface area contributed by atoms with Gasteiger partial charge in [0.2, 0.25) is 0 Å². The molecule has 0 bridgehead atoms. The number of hydrogen-bond donors (Lipinski definition) is 3. The van der Waals surface area contributed by atoms with Crippen LogP contribution in [0.5, 0.6) is 0 Å². The van der Waals surface area contributed by atoms with Crippen LogP contribution in [0.4, 0.5) is 0 Å². The van der Waals surface area contributed by atoms with Crippen LogP contribution in [-0.2, 0) is 0 Å². The number of hydrogen-bond acceptors (Lipinski definition) is 3. The van der Waals surface area contributed by atoms with Gasteiger partial charge in [0.15, 0.2) is 0 Å². The zero-order chi connectivity index (χ0) is 14.0. The van der Waals surface area contributed by atoms with E-state index in [0.717, 1.165) is 36.7 Å². The summed E-state index contributed by atoms with van der Waals surface area (Å²) >= 11 is 0. The van der Waals surface area contributed by atoms with Crippen LogP contribution < -0.4 is 5.32 Å². The molecule has 1 heterocycles. The van der Waals surface area contributed by atoms with Crippen molar-refractivity contribution in [2.45, 2.75) is 37.6 Å². The average Bonchev–Trinajstić information content (AvgIpc) is 2.95. The number of nitrogens with one attached hydrogen (secondary N) is 2. The molecule has 0 saturated heterocycles. The molecule has 1 aromatic carbocycles. The van der Waals surface area contributed by atoms with Gasteiger partial charge in [0.05, 0.1) is 29.5 Å². The highest BCUT2D eigenvalue weighted by molar-refractivity contribution is 5.97. The van der Waals surface area contributed by atoms with Crippen LogP contribution in [0.15, 0.2) is 24.5 Å². The van der Waals surface area contributed by atoms with Crippen LogP contribution in [0.3, 0.4) is 0 Å². The topological polar surface area (TPSA) is 78.0 Å². The van der Waals surface area contributed by atoms with Crippen molar-refractivity contribution in [1.82, 2.24) is 15.3 Å². The van der Waals surface area contributed by atoms with E-state index in [-0.39, 0.29) is 12.5 Å². The summed E-state index contributed by atoms with van der Waals surface area (Å²) in [5, 5.41) is 12.7. The van der Waals surface area contributed by atoms with Crippen molar-refractivity contribution in [3.63, 3.8) is 0 Å². The lowest BCUT2D eigenvalue weighted by atomic mass is 9.82. The smallest absolute Gasteiger partial charge is 0.251 e. The Bertz CT molecular complexity index is 614. The third kappa shape index (κ3) is 2.41. The van der Waals surface area contributed by atoms with Gasteiger partial charge in [-0.25, -0.2) is 4.98 Å². The van der Waals surface area contributed by atoms with Gasteiger partial charge in [-0.15, -0.1) is 0 Å².